The quantitative estimate of drug-likeness (QED) is 0.387. The van der Waals surface area contributed by atoms with Crippen molar-refractivity contribution in [3.63, 3.8) is 0 Å². The van der Waals surface area contributed by atoms with Gasteiger partial charge in [0.2, 0.25) is 0 Å². The number of esters is 1. The molecule has 0 aliphatic carbocycles. The van der Waals surface area contributed by atoms with Crippen LogP contribution in [0.25, 0.3) is 0 Å². The lowest BCUT2D eigenvalue weighted by atomic mass is 10.1. The Hall–Kier alpha value is -4.38. The summed E-state index contributed by atoms with van der Waals surface area (Å²) in [5.41, 5.74) is 0.827. The van der Waals surface area contributed by atoms with Crippen molar-refractivity contribution < 1.29 is 33.4 Å². The highest BCUT2D eigenvalue weighted by molar-refractivity contribution is 7.12. The van der Waals surface area contributed by atoms with E-state index in [0.29, 0.717) is 21.9 Å². The molecule has 0 saturated heterocycles. The zero-order valence-electron chi connectivity index (χ0n) is 19.2. The van der Waals surface area contributed by atoms with Crippen LogP contribution in [0.4, 0.5) is 11.4 Å². The number of hydrogen-bond acceptors (Lipinski definition) is 8. The topological polar surface area (TPSA) is 132 Å². The molecule has 0 fully saturated rings. The van der Waals surface area contributed by atoms with E-state index in [1.807, 2.05) is 0 Å². The molecular formula is C24H23N3O7S. The summed E-state index contributed by atoms with van der Waals surface area (Å²) in [7, 11) is 4.32. The average molecular weight is 498 g/mol. The molecule has 0 aliphatic rings. The van der Waals surface area contributed by atoms with E-state index < -0.39 is 24.4 Å². The molecule has 10 nitrogen and oxygen atoms in total. The predicted molar refractivity (Wildman–Crippen MR) is 131 cm³/mol. The highest BCUT2D eigenvalue weighted by atomic mass is 32.1. The maximum Gasteiger partial charge on any atom is 0.340 e. The van der Waals surface area contributed by atoms with E-state index >= 15 is 0 Å². The number of ether oxygens (including phenoxy) is 3. The smallest absolute Gasteiger partial charge is 0.340 e. The molecule has 182 valence electrons. The lowest BCUT2D eigenvalue weighted by molar-refractivity contribution is -0.119. The zero-order chi connectivity index (χ0) is 25.4. The molecule has 2 aromatic carbocycles. The molecule has 3 amide bonds. The Labute approximate surface area is 205 Å². The molecular weight excluding hydrogens is 474 g/mol. The van der Waals surface area contributed by atoms with Gasteiger partial charge in [-0.2, -0.15) is 0 Å². The first-order valence-corrected chi connectivity index (χ1v) is 11.1. The number of nitrogens with one attached hydrogen (secondary N) is 3. The van der Waals surface area contributed by atoms with Gasteiger partial charge in [0.15, 0.2) is 18.1 Å². The summed E-state index contributed by atoms with van der Waals surface area (Å²) < 4.78 is 15.7. The normalized spacial score (nSPS) is 10.1. The fourth-order valence-electron chi connectivity index (χ4n) is 3.03. The summed E-state index contributed by atoms with van der Waals surface area (Å²) in [6, 6.07) is 12.5. The summed E-state index contributed by atoms with van der Waals surface area (Å²) in [6.07, 6.45) is 0. The van der Waals surface area contributed by atoms with Crippen LogP contribution >= 0.6 is 11.3 Å². The number of methoxy groups -OCH3 is 2. The van der Waals surface area contributed by atoms with Crippen LogP contribution in [0.3, 0.4) is 0 Å². The minimum absolute atomic E-state index is 0.0260. The van der Waals surface area contributed by atoms with Gasteiger partial charge in [0.25, 0.3) is 17.7 Å². The lowest BCUT2D eigenvalue weighted by Gasteiger charge is -2.15. The van der Waals surface area contributed by atoms with E-state index in [1.165, 1.54) is 50.8 Å². The molecule has 0 bridgehead atoms. The van der Waals surface area contributed by atoms with E-state index in [2.05, 4.69) is 16.0 Å². The number of carbonyl (C=O) groups is 4. The van der Waals surface area contributed by atoms with E-state index in [1.54, 1.807) is 35.7 Å². The third-order valence-corrected chi connectivity index (χ3v) is 5.58. The van der Waals surface area contributed by atoms with Crippen molar-refractivity contribution >= 4 is 46.4 Å². The first kappa shape index (κ1) is 25.2. The number of anilines is 2. The van der Waals surface area contributed by atoms with Crippen LogP contribution in [0.15, 0.2) is 53.9 Å². The molecule has 3 N–H and O–H groups in total. The Morgan fingerprint density at radius 2 is 1.63 bits per heavy atom. The molecule has 11 heteroatoms. The van der Waals surface area contributed by atoms with E-state index in [-0.39, 0.29) is 22.9 Å². The fraction of sp³-hybridized carbons (Fsp3) is 0.167. The second-order valence-electron chi connectivity index (χ2n) is 6.97. The number of benzene rings is 2. The first-order chi connectivity index (χ1) is 16.9. The third kappa shape index (κ3) is 6.36. The molecule has 0 aliphatic heterocycles. The number of amides is 3. The molecule has 1 aromatic heterocycles. The van der Waals surface area contributed by atoms with Crippen molar-refractivity contribution in [2.75, 3.05) is 38.5 Å². The summed E-state index contributed by atoms with van der Waals surface area (Å²) in [5, 5.41) is 9.48. The van der Waals surface area contributed by atoms with Crippen LogP contribution in [0.1, 0.15) is 30.4 Å². The van der Waals surface area contributed by atoms with Gasteiger partial charge < -0.3 is 30.2 Å². The molecule has 0 saturated carbocycles. The molecule has 35 heavy (non-hydrogen) atoms. The van der Waals surface area contributed by atoms with E-state index in [0.717, 1.165) is 0 Å². The number of rotatable bonds is 9. The molecule has 3 aromatic rings. The Morgan fingerprint density at radius 3 is 2.29 bits per heavy atom. The second kappa shape index (κ2) is 11.7. The van der Waals surface area contributed by atoms with E-state index in [9.17, 15) is 19.2 Å². The summed E-state index contributed by atoms with van der Waals surface area (Å²) >= 11 is 1.24. The van der Waals surface area contributed by atoms with Gasteiger partial charge in [-0.25, -0.2) is 4.79 Å². The maximum absolute atomic E-state index is 12.8. The van der Waals surface area contributed by atoms with Crippen LogP contribution in [-0.4, -0.2) is 51.6 Å². The van der Waals surface area contributed by atoms with Crippen molar-refractivity contribution in [1.29, 1.82) is 0 Å². The minimum atomic E-state index is -0.860. The van der Waals surface area contributed by atoms with Crippen LogP contribution < -0.4 is 25.4 Å². The lowest BCUT2D eigenvalue weighted by Crippen LogP contribution is -2.22. The van der Waals surface area contributed by atoms with Crippen molar-refractivity contribution in [1.82, 2.24) is 5.32 Å². The van der Waals surface area contributed by atoms with Gasteiger partial charge in [0, 0.05) is 30.4 Å². The number of carbonyl (C=O) groups excluding carboxylic acids is 4. The van der Waals surface area contributed by atoms with Crippen molar-refractivity contribution in [3.05, 3.63) is 69.9 Å². The number of thiophene rings is 1. The van der Waals surface area contributed by atoms with Crippen molar-refractivity contribution in [2.24, 2.45) is 0 Å². The largest absolute Gasteiger partial charge is 0.493 e. The standard InChI is InChI=1S/C24H23N3O7S/c1-25-22(29)14-6-4-7-15(10-14)26-21(28)13-34-24(31)16-11-18(32-2)19(33-3)12-17(16)27-23(30)20-8-5-9-35-20/h4-12H,13H2,1-3H3,(H,25,29)(H,26,28)(H,27,30). The van der Waals surface area contributed by atoms with Crippen LogP contribution in [-0.2, 0) is 9.53 Å². The van der Waals surface area contributed by atoms with Gasteiger partial charge >= 0.3 is 5.97 Å². The zero-order valence-corrected chi connectivity index (χ0v) is 20.0. The molecule has 0 radical (unpaired) electrons. The molecule has 3 rings (SSSR count). The Morgan fingerprint density at radius 1 is 0.886 bits per heavy atom. The minimum Gasteiger partial charge on any atom is -0.493 e. The van der Waals surface area contributed by atoms with E-state index in [4.69, 9.17) is 14.2 Å². The fourth-order valence-corrected chi connectivity index (χ4v) is 3.65. The van der Waals surface area contributed by atoms with Crippen LogP contribution in [0.2, 0.25) is 0 Å². The van der Waals surface area contributed by atoms with Gasteiger partial charge in [-0.3, -0.25) is 14.4 Å². The molecule has 0 unspecified atom stereocenters. The predicted octanol–water partition coefficient (Wildman–Crippen LogP) is 3.17. The third-order valence-electron chi connectivity index (χ3n) is 4.71. The highest BCUT2D eigenvalue weighted by Gasteiger charge is 2.21. The maximum atomic E-state index is 12.8. The van der Waals surface area contributed by atoms with Gasteiger partial charge in [-0.15, -0.1) is 11.3 Å². The molecule has 0 spiro atoms. The monoisotopic (exact) mass is 497 g/mol. The molecule has 0 atom stereocenters. The first-order valence-electron chi connectivity index (χ1n) is 10.3. The Kier molecular flexibility index (Phi) is 8.41. The Balaban J connectivity index is 1.74. The van der Waals surface area contributed by atoms with Crippen LogP contribution in [0.5, 0.6) is 11.5 Å². The summed E-state index contributed by atoms with van der Waals surface area (Å²) in [6.45, 7) is -0.601. The molecule has 1 heterocycles. The van der Waals surface area contributed by atoms with Crippen molar-refractivity contribution in [2.45, 2.75) is 0 Å². The summed E-state index contributed by atoms with van der Waals surface area (Å²) in [4.78, 5) is 49.9. The van der Waals surface area contributed by atoms with Gasteiger partial charge in [0.1, 0.15) is 0 Å². The highest BCUT2D eigenvalue weighted by Crippen LogP contribution is 2.34. The van der Waals surface area contributed by atoms with Gasteiger partial charge in [-0.1, -0.05) is 12.1 Å². The average Bonchev–Trinajstić information content (AvgIpc) is 3.42. The van der Waals surface area contributed by atoms with Crippen molar-refractivity contribution in [3.8, 4) is 11.5 Å². The van der Waals surface area contributed by atoms with Gasteiger partial charge in [-0.05, 0) is 29.6 Å². The SMILES string of the molecule is CNC(=O)c1cccc(NC(=O)COC(=O)c2cc(OC)c(OC)cc2NC(=O)c2cccs2)c1. The summed E-state index contributed by atoms with van der Waals surface area (Å²) in [5.74, 6) is -1.67. The number of hydrogen-bond donors (Lipinski definition) is 3. The van der Waals surface area contributed by atoms with Crippen LogP contribution in [0, 0.1) is 0 Å². The Bertz CT molecular complexity index is 1240. The second-order valence-corrected chi connectivity index (χ2v) is 7.92. The van der Waals surface area contributed by atoms with Gasteiger partial charge in [0.05, 0.1) is 30.3 Å².